The number of carbonyl (C=O) groups is 1. The lowest BCUT2D eigenvalue weighted by atomic mass is 10.2. The fourth-order valence-corrected chi connectivity index (χ4v) is 2.40. The van der Waals surface area contributed by atoms with E-state index in [2.05, 4.69) is 10.6 Å². The summed E-state index contributed by atoms with van der Waals surface area (Å²) in [5.41, 5.74) is 0.932. The number of para-hydroxylation sites is 2. The maximum Gasteiger partial charge on any atom is 0.239 e. The first-order valence-electron chi connectivity index (χ1n) is 7.72. The highest BCUT2D eigenvalue weighted by atomic mass is 16.5. The van der Waals surface area contributed by atoms with Crippen molar-refractivity contribution in [3.8, 4) is 11.5 Å². The van der Waals surface area contributed by atoms with E-state index in [-0.39, 0.29) is 11.9 Å². The summed E-state index contributed by atoms with van der Waals surface area (Å²) in [6, 6.07) is 17.0. The van der Waals surface area contributed by atoms with Gasteiger partial charge in [0.05, 0.1) is 13.2 Å². The van der Waals surface area contributed by atoms with Crippen molar-refractivity contribution in [1.82, 2.24) is 10.6 Å². The number of nitrogens with one attached hydrogen (secondary N) is 2. The van der Waals surface area contributed by atoms with Gasteiger partial charge in [0.1, 0.15) is 17.5 Å². The molecule has 2 N–H and O–H groups in total. The molecule has 0 spiro atoms. The molecule has 0 radical (unpaired) electrons. The van der Waals surface area contributed by atoms with Crippen molar-refractivity contribution >= 4 is 5.91 Å². The minimum absolute atomic E-state index is 0.0563. The number of morpholine rings is 1. The zero-order valence-electron chi connectivity index (χ0n) is 12.8. The summed E-state index contributed by atoms with van der Waals surface area (Å²) in [6.45, 7) is 2.18. The lowest BCUT2D eigenvalue weighted by molar-refractivity contribution is -0.126. The first-order valence-corrected chi connectivity index (χ1v) is 7.72. The summed E-state index contributed by atoms with van der Waals surface area (Å²) < 4.78 is 11.2. The van der Waals surface area contributed by atoms with Crippen molar-refractivity contribution in [3.63, 3.8) is 0 Å². The third-order valence-electron chi connectivity index (χ3n) is 3.63. The second-order valence-electron chi connectivity index (χ2n) is 5.32. The first-order chi connectivity index (χ1) is 11.3. The number of rotatable bonds is 5. The SMILES string of the molecule is O=C(NCc1ccccc1Oc1ccccc1)[C@@H]1COCCN1. The van der Waals surface area contributed by atoms with Crippen LogP contribution in [0.5, 0.6) is 11.5 Å². The number of ether oxygens (including phenoxy) is 2. The highest BCUT2D eigenvalue weighted by Crippen LogP contribution is 2.24. The van der Waals surface area contributed by atoms with Gasteiger partial charge in [-0.05, 0) is 18.2 Å². The topological polar surface area (TPSA) is 59.6 Å². The van der Waals surface area contributed by atoms with Crippen LogP contribution in [0.3, 0.4) is 0 Å². The summed E-state index contributed by atoms with van der Waals surface area (Å²) in [7, 11) is 0. The van der Waals surface area contributed by atoms with Crippen LogP contribution in [0.2, 0.25) is 0 Å². The molecule has 5 nitrogen and oxygen atoms in total. The van der Waals surface area contributed by atoms with E-state index in [4.69, 9.17) is 9.47 Å². The number of carbonyl (C=O) groups excluding carboxylic acids is 1. The van der Waals surface area contributed by atoms with Crippen molar-refractivity contribution in [2.24, 2.45) is 0 Å². The Morgan fingerprint density at radius 1 is 1.17 bits per heavy atom. The summed E-state index contributed by atoms with van der Waals surface area (Å²) in [5, 5.41) is 6.07. The van der Waals surface area contributed by atoms with Gasteiger partial charge >= 0.3 is 0 Å². The molecule has 1 atom stereocenters. The Balaban J connectivity index is 1.62. The van der Waals surface area contributed by atoms with E-state index >= 15 is 0 Å². The molecule has 0 saturated carbocycles. The molecular weight excluding hydrogens is 292 g/mol. The zero-order chi connectivity index (χ0) is 15.9. The molecule has 0 unspecified atom stereocenters. The van der Waals surface area contributed by atoms with Gasteiger partial charge in [-0.2, -0.15) is 0 Å². The summed E-state index contributed by atoms with van der Waals surface area (Å²) in [5.74, 6) is 1.46. The monoisotopic (exact) mass is 312 g/mol. The van der Waals surface area contributed by atoms with Crippen LogP contribution in [-0.4, -0.2) is 31.7 Å². The van der Waals surface area contributed by atoms with Crippen LogP contribution in [0.1, 0.15) is 5.56 Å². The molecule has 2 aromatic rings. The van der Waals surface area contributed by atoms with Gasteiger partial charge in [0, 0.05) is 18.7 Å². The van der Waals surface area contributed by atoms with Gasteiger partial charge in [0.25, 0.3) is 0 Å². The Hall–Kier alpha value is -2.37. The van der Waals surface area contributed by atoms with Crippen molar-refractivity contribution in [2.45, 2.75) is 12.6 Å². The van der Waals surface area contributed by atoms with Crippen LogP contribution in [0.25, 0.3) is 0 Å². The molecular formula is C18H20N2O3. The fourth-order valence-electron chi connectivity index (χ4n) is 2.40. The Labute approximate surface area is 135 Å². The second-order valence-corrected chi connectivity index (χ2v) is 5.32. The van der Waals surface area contributed by atoms with Gasteiger partial charge in [0.15, 0.2) is 0 Å². The van der Waals surface area contributed by atoms with E-state index in [1.165, 1.54) is 0 Å². The third kappa shape index (κ3) is 4.31. The molecule has 0 bridgehead atoms. The third-order valence-corrected chi connectivity index (χ3v) is 3.63. The van der Waals surface area contributed by atoms with E-state index in [1.807, 2.05) is 54.6 Å². The molecule has 1 heterocycles. The molecule has 5 heteroatoms. The number of hydrogen-bond acceptors (Lipinski definition) is 4. The largest absolute Gasteiger partial charge is 0.457 e. The zero-order valence-corrected chi connectivity index (χ0v) is 12.8. The van der Waals surface area contributed by atoms with Crippen molar-refractivity contribution in [1.29, 1.82) is 0 Å². The second kappa shape index (κ2) is 7.76. The smallest absolute Gasteiger partial charge is 0.239 e. The van der Waals surface area contributed by atoms with Gasteiger partial charge in [-0.1, -0.05) is 36.4 Å². The Morgan fingerprint density at radius 3 is 2.74 bits per heavy atom. The number of hydrogen-bond donors (Lipinski definition) is 2. The van der Waals surface area contributed by atoms with Gasteiger partial charge in [-0.3, -0.25) is 4.79 Å². The van der Waals surface area contributed by atoms with Gasteiger partial charge in [-0.25, -0.2) is 0 Å². The van der Waals surface area contributed by atoms with Gasteiger partial charge in [-0.15, -0.1) is 0 Å². The molecule has 0 aromatic heterocycles. The normalized spacial score (nSPS) is 17.5. The van der Waals surface area contributed by atoms with E-state index < -0.39 is 0 Å². The molecule has 1 aliphatic rings. The van der Waals surface area contributed by atoms with E-state index in [0.717, 1.165) is 17.1 Å². The van der Waals surface area contributed by atoms with Gasteiger partial charge < -0.3 is 20.1 Å². The summed E-state index contributed by atoms with van der Waals surface area (Å²) in [6.07, 6.45) is 0. The highest BCUT2D eigenvalue weighted by molar-refractivity contribution is 5.82. The standard InChI is InChI=1S/C18H20N2O3/c21-18(16-13-22-11-10-19-16)20-12-14-6-4-5-9-17(14)23-15-7-2-1-3-8-15/h1-9,16,19H,10-13H2,(H,20,21)/t16-/m0/s1. The van der Waals surface area contributed by atoms with Gasteiger partial charge in [0.2, 0.25) is 5.91 Å². The highest BCUT2D eigenvalue weighted by Gasteiger charge is 2.20. The Morgan fingerprint density at radius 2 is 1.96 bits per heavy atom. The van der Waals surface area contributed by atoms with Crippen molar-refractivity contribution < 1.29 is 14.3 Å². The van der Waals surface area contributed by atoms with E-state index in [9.17, 15) is 4.79 Å². The van der Waals surface area contributed by atoms with Crippen LogP contribution in [0.15, 0.2) is 54.6 Å². The van der Waals surface area contributed by atoms with Crippen molar-refractivity contribution in [3.05, 3.63) is 60.2 Å². The maximum atomic E-state index is 12.1. The average molecular weight is 312 g/mol. The van der Waals surface area contributed by atoms with E-state index in [0.29, 0.717) is 26.3 Å². The van der Waals surface area contributed by atoms with Crippen LogP contribution < -0.4 is 15.4 Å². The first kappa shape index (κ1) is 15.5. The minimum atomic E-state index is -0.286. The molecule has 2 aromatic carbocycles. The maximum absolute atomic E-state index is 12.1. The lowest BCUT2D eigenvalue weighted by Crippen LogP contribution is -2.51. The summed E-state index contributed by atoms with van der Waals surface area (Å²) >= 11 is 0. The predicted octanol–water partition coefficient (Wildman–Crippen LogP) is 2.08. The van der Waals surface area contributed by atoms with Crippen molar-refractivity contribution in [2.75, 3.05) is 19.8 Å². The summed E-state index contributed by atoms with van der Waals surface area (Å²) in [4.78, 5) is 12.1. The number of amides is 1. The molecule has 120 valence electrons. The Bertz CT molecular complexity index is 640. The minimum Gasteiger partial charge on any atom is -0.457 e. The molecule has 0 aliphatic carbocycles. The lowest BCUT2D eigenvalue weighted by Gasteiger charge is -2.23. The van der Waals surface area contributed by atoms with Crippen LogP contribution in [0.4, 0.5) is 0 Å². The van der Waals surface area contributed by atoms with Crippen LogP contribution in [-0.2, 0) is 16.1 Å². The molecule has 1 saturated heterocycles. The quantitative estimate of drug-likeness (QED) is 0.887. The van der Waals surface area contributed by atoms with E-state index in [1.54, 1.807) is 0 Å². The fraction of sp³-hybridized carbons (Fsp3) is 0.278. The molecule has 1 amide bonds. The average Bonchev–Trinajstić information content (AvgIpc) is 2.62. The Kier molecular flexibility index (Phi) is 5.24. The number of benzene rings is 2. The molecule has 1 aliphatic heterocycles. The van der Waals surface area contributed by atoms with Crippen LogP contribution in [0, 0.1) is 0 Å². The predicted molar refractivity (Wildman–Crippen MR) is 87.4 cm³/mol. The molecule has 23 heavy (non-hydrogen) atoms. The molecule has 3 rings (SSSR count). The van der Waals surface area contributed by atoms with Crippen LogP contribution >= 0.6 is 0 Å². The molecule has 1 fully saturated rings.